The van der Waals surface area contributed by atoms with Gasteiger partial charge in [-0.3, -0.25) is 0 Å². The van der Waals surface area contributed by atoms with E-state index in [1.165, 1.54) is 5.57 Å². The Kier molecular flexibility index (Phi) is 3.18. The van der Waals surface area contributed by atoms with Crippen LogP contribution in [0, 0.1) is 0 Å². The van der Waals surface area contributed by atoms with E-state index < -0.39 is 0 Å². The largest absolute Gasteiger partial charge is 0.477 e. The number of hydrogen-bond donors (Lipinski definition) is 0. The van der Waals surface area contributed by atoms with Crippen molar-refractivity contribution in [3.05, 3.63) is 42.0 Å². The van der Waals surface area contributed by atoms with Crippen molar-refractivity contribution in [3.8, 4) is 0 Å². The Balaban J connectivity index is 2.23. The zero-order chi connectivity index (χ0) is 10.5. The minimum atomic E-state index is 0.761. The van der Waals surface area contributed by atoms with Crippen LogP contribution < -0.4 is 0 Å². The Bertz CT molecular complexity index is 379. The van der Waals surface area contributed by atoms with Crippen LogP contribution in [0.25, 0.3) is 0 Å². The average Bonchev–Trinajstić information content (AvgIpc) is 2.68. The predicted molar refractivity (Wildman–Crippen MR) is 62.5 cm³/mol. The lowest BCUT2D eigenvalue weighted by Gasteiger charge is -1.99. The molecule has 78 valence electrons. The maximum Gasteiger partial charge on any atom is 0.216 e. The molecule has 1 saturated heterocycles. The van der Waals surface area contributed by atoms with Gasteiger partial charge in [-0.15, -0.1) is 0 Å². The molecule has 2 heteroatoms. The van der Waals surface area contributed by atoms with Gasteiger partial charge in [-0.2, -0.15) is 0 Å². The molecule has 0 atom stereocenters. The molecule has 0 bridgehead atoms. The van der Waals surface area contributed by atoms with Crippen LogP contribution in [0.3, 0.4) is 0 Å². The van der Waals surface area contributed by atoms with Crippen molar-refractivity contribution in [1.29, 1.82) is 0 Å². The lowest BCUT2D eigenvalue weighted by molar-refractivity contribution is 0.344. The minimum absolute atomic E-state index is 0.761. The van der Waals surface area contributed by atoms with Gasteiger partial charge in [0.25, 0.3) is 0 Å². The molecule has 2 rings (SSSR count). The lowest BCUT2D eigenvalue weighted by Crippen LogP contribution is -1.95. The smallest absolute Gasteiger partial charge is 0.216 e. The highest BCUT2D eigenvalue weighted by Gasteiger charge is 2.15. The van der Waals surface area contributed by atoms with E-state index in [2.05, 4.69) is 18.0 Å². The van der Waals surface area contributed by atoms with Crippen LogP contribution in [-0.2, 0) is 4.74 Å². The fraction of sp³-hybridized carbons (Fsp3) is 0.308. The molecule has 1 aliphatic rings. The van der Waals surface area contributed by atoms with Gasteiger partial charge in [0.2, 0.25) is 5.90 Å². The first kappa shape index (κ1) is 9.97. The van der Waals surface area contributed by atoms with Gasteiger partial charge in [-0.05, 0) is 18.6 Å². The van der Waals surface area contributed by atoms with Crippen LogP contribution in [-0.4, -0.2) is 12.5 Å². The van der Waals surface area contributed by atoms with Crippen LogP contribution >= 0.6 is 0 Å². The summed E-state index contributed by atoms with van der Waals surface area (Å²) in [5.41, 5.74) is 2.19. The summed E-state index contributed by atoms with van der Waals surface area (Å²) < 4.78 is 5.50. The van der Waals surface area contributed by atoms with Crippen molar-refractivity contribution in [2.75, 3.05) is 6.61 Å². The van der Waals surface area contributed by atoms with Crippen molar-refractivity contribution < 1.29 is 4.74 Å². The number of ether oxygens (including phenoxy) is 1. The first-order chi connectivity index (χ1) is 7.40. The van der Waals surface area contributed by atoms with E-state index >= 15 is 0 Å². The standard InChI is InChI=1S/C13H15NO/c1-2-6-11-9-10-15-13(11)14-12-7-4-3-5-8-12/h3-8H,2,9-10H2,1H3. The second kappa shape index (κ2) is 4.78. The minimum Gasteiger partial charge on any atom is -0.477 e. The van der Waals surface area contributed by atoms with Gasteiger partial charge >= 0.3 is 0 Å². The summed E-state index contributed by atoms with van der Waals surface area (Å²) in [4.78, 5) is 4.48. The Labute approximate surface area is 90.3 Å². The van der Waals surface area contributed by atoms with Crippen molar-refractivity contribution in [3.63, 3.8) is 0 Å². The molecule has 15 heavy (non-hydrogen) atoms. The number of aliphatic imine (C=N–C) groups is 1. The molecular formula is C13H15NO. The van der Waals surface area contributed by atoms with Crippen molar-refractivity contribution in [1.82, 2.24) is 0 Å². The molecule has 1 heterocycles. The number of para-hydroxylation sites is 1. The number of nitrogens with zero attached hydrogens (tertiary/aromatic N) is 1. The summed E-state index contributed by atoms with van der Waals surface area (Å²) in [5.74, 6) is 0.794. The molecule has 0 N–H and O–H groups in total. The maximum atomic E-state index is 5.50. The zero-order valence-corrected chi connectivity index (χ0v) is 8.94. The van der Waals surface area contributed by atoms with Gasteiger partial charge in [0.15, 0.2) is 0 Å². The third-order valence-electron chi connectivity index (χ3n) is 2.32. The first-order valence-electron chi connectivity index (χ1n) is 5.36. The second-order valence-electron chi connectivity index (χ2n) is 3.49. The Morgan fingerprint density at radius 1 is 1.33 bits per heavy atom. The quantitative estimate of drug-likeness (QED) is 0.718. The molecule has 1 aliphatic heterocycles. The van der Waals surface area contributed by atoms with Crippen LogP contribution in [0.15, 0.2) is 47.0 Å². The average molecular weight is 201 g/mol. The molecule has 0 amide bonds. The van der Waals surface area contributed by atoms with Gasteiger partial charge in [-0.25, -0.2) is 4.99 Å². The number of benzene rings is 1. The summed E-state index contributed by atoms with van der Waals surface area (Å²) in [6.45, 7) is 2.89. The molecular weight excluding hydrogens is 186 g/mol. The highest BCUT2D eigenvalue weighted by atomic mass is 16.5. The van der Waals surface area contributed by atoms with Crippen LogP contribution in [0.1, 0.15) is 19.8 Å². The van der Waals surface area contributed by atoms with Crippen molar-refractivity contribution in [2.45, 2.75) is 19.8 Å². The molecule has 0 radical (unpaired) electrons. The van der Waals surface area contributed by atoms with Gasteiger partial charge in [0.1, 0.15) is 0 Å². The molecule has 2 nitrogen and oxygen atoms in total. The Hall–Kier alpha value is -1.57. The molecule has 0 saturated carbocycles. The fourth-order valence-electron chi connectivity index (χ4n) is 1.62. The van der Waals surface area contributed by atoms with Gasteiger partial charge < -0.3 is 4.74 Å². The SMILES string of the molecule is CCC=C1CCOC1=Nc1ccccc1. The van der Waals surface area contributed by atoms with Crippen LogP contribution in [0.4, 0.5) is 5.69 Å². The fourth-order valence-corrected chi connectivity index (χ4v) is 1.62. The summed E-state index contributed by atoms with van der Waals surface area (Å²) >= 11 is 0. The van der Waals surface area contributed by atoms with E-state index in [0.717, 1.165) is 31.0 Å². The molecule has 0 aromatic heterocycles. The van der Waals surface area contributed by atoms with E-state index in [0.29, 0.717) is 0 Å². The van der Waals surface area contributed by atoms with Gasteiger partial charge in [0.05, 0.1) is 12.3 Å². The molecule has 0 unspecified atom stereocenters. The monoisotopic (exact) mass is 201 g/mol. The zero-order valence-electron chi connectivity index (χ0n) is 8.94. The second-order valence-corrected chi connectivity index (χ2v) is 3.49. The van der Waals surface area contributed by atoms with Gasteiger partial charge in [0, 0.05) is 12.0 Å². The number of rotatable bonds is 2. The topological polar surface area (TPSA) is 21.6 Å². The first-order valence-corrected chi connectivity index (χ1v) is 5.36. The molecule has 0 aliphatic carbocycles. The van der Waals surface area contributed by atoms with E-state index in [1.54, 1.807) is 0 Å². The third kappa shape index (κ3) is 2.46. The van der Waals surface area contributed by atoms with Crippen molar-refractivity contribution in [2.24, 2.45) is 4.99 Å². The molecule has 1 fully saturated rings. The highest BCUT2D eigenvalue weighted by Crippen LogP contribution is 2.20. The van der Waals surface area contributed by atoms with Crippen LogP contribution in [0.2, 0.25) is 0 Å². The number of allylic oxidation sites excluding steroid dienone is 1. The highest BCUT2D eigenvalue weighted by molar-refractivity contribution is 5.96. The summed E-state index contributed by atoms with van der Waals surface area (Å²) in [5, 5.41) is 0. The third-order valence-corrected chi connectivity index (χ3v) is 2.32. The van der Waals surface area contributed by atoms with E-state index in [1.807, 2.05) is 30.3 Å². The summed E-state index contributed by atoms with van der Waals surface area (Å²) in [6.07, 6.45) is 4.21. The molecule has 1 aromatic rings. The molecule has 0 spiro atoms. The van der Waals surface area contributed by atoms with Crippen LogP contribution in [0.5, 0.6) is 0 Å². The summed E-state index contributed by atoms with van der Waals surface area (Å²) in [6, 6.07) is 9.92. The van der Waals surface area contributed by atoms with E-state index in [4.69, 9.17) is 4.74 Å². The Morgan fingerprint density at radius 2 is 2.13 bits per heavy atom. The maximum absolute atomic E-state index is 5.50. The predicted octanol–water partition coefficient (Wildman–Crippen LogP) is 3.47. The Morgan fingerprint density at radius 3 is 2.87 bits per heavy atom. The number of hydrogen-bond acceptors (Lipinski definition) is 2. The van der Waals surface area contributed by atoms with E-state index in [9.17, 15) is 0 Å². The molecule has 1 aromatic carbocycles. The van der Waals surface area contributed by atoms with Crippen molar-refractivity contribution >= 4 is 11.6 Å². The van der Waals surface area contributed by atoms with Gasteiger partial charge in [-0.1, -0.05) is 31.2 Å². The van der Waals surface area contributed by atoms with E-state index in [-0.39, 0.29) is 0 Å². The lowest BCUT2D eigenvalue weighted by atomic mass is 10.2. The summed E-state index contributed by atoms with van der Waals surface area (Å²) in [7, 11) is 0. The normalized spacial score (nSPS) is 20.9.